The number of rotatable bonds is 6. The van der Waals surface area contributed by atoms with Crippen LogP contribution in [0.25, 0.3) is 0 Å². The summed E-state index contributed by atoms with van der Waals surface area (Å²) in [6.07, 6.45) is 0.431. The van der Waals surface area contributed by atoms with Gasteiger partial charge in [-0.15, -0.1) is 0 Å². The number of carboxylic acids is 1. The number of carbonyl (C=O) groups excluding carboxylic acids is 1. The summed E-state index contributed by atoms with van der Waals surface area (Å²) in [6.45, 7) is 1.70. The van der Waals surface area contributed by atoms with Crippen molar-refractivity contribution in [1.29, 1.82) is 0 Å². The van der Waals surface area contributed by atoms with E-state index in [1.54, 1.807) is 29.2 Å². The topological polar surface area (TPSA) is 77.8 Å². The predicted molar refractivity (Wildman–Crippen MR) is 118 cm³/mol. The van der Waals surface area contributed by atoms with E-state index in [2.05, 4.69) is 0 Å². The Bertz CT molecular complexity index is 1080. The Kier molecular flexibility index (Phi) is 5.87. The van der Waals surface area contributed by atoms with Crippen LogP contribution < -0.4 is 0 Å². The number of carbonyl (C=O) groups is 2. The van der Waals surface area contributed by atoms with Gasteiger partial charge < -0.3 is 15.1 Å². The van der Waals surface area contributed by atoms with Gasteiger partial charge in [-0.25, -0.2) is 0 Å². The van der Waals surface area contributed by atoms with Crippen molar-refractivity contribution in [2.45, 2.75) is 31.3 Å². The standard InChI is InChI=1S/C26H25NO4/c1-17-11-13-19(14-12-17)24-23(26(30)31)21-9-5-6-10-22(21)25(29)27(24)20(16-28)15-18-7-3-2-4-8-18/h2-14,20,23-24,28H,15-16H2,1H3,(H,30,31)/t20-,23+,24-/m0/s1. The molecule has 0 unspecified atom stereocenters. The number of hydrogen-bond acceptors (Lipinski definition) is 3. The summed E-state index contributed by atoms with van der Waals surface area (Å²) in [5.74, 6) is -2.18. The quantitative estimate of drug-likeness (QED) is 0.639. The number of benzene rings is 3. The van der Waals surface area contributed by atoms with E-state index < -0.39 is 24.0 Å². The van der Waals surface area contributed by atoms with Gasteiger partial charge >= 0.3 is 5.97 Å². The predicted octanol–water partition coefficient (Wildman–Crippen LogP) is 3.96. The molecule has 2 N–H and O–H groups in total. The molecule has 0 bridgehead atoms. The van der Waals surface area contributed by atoms with E-state index in [4.69, 9.17) is 0 Å². The van der Waals surface area contributed by atoms with Gasteiger partial charge in [-0.2, -0.15) is 0 Å². The number of carboxylic acid groups (broad SMARTS) is 1. The summed E-state index contributed by atoms with van der Waals surface area (Å²) >= 11 is 0. The first-order chi connectivity index (χ1) is 15.0. The summed E-state index contributed by atoms with van der Waals surface area (Å²) in [5, 5.41) is 20.5. The molecule has 0 aliphatic carbocycles. The van der Waals surface area contributed by atoms with Crippen molar-refractivity contribution >= 4 is 11.9 Å². The highest BCUT2D eigenvalue weighted by molar-refractivity contribution is 6.00. The molecular weight excluding hydrogens is 390 g/mol. The lowest BCUT2D eigenvalue weighted by molar-refractivity contribution is -0.141. The largest absolute Gasteiger partial charge is 0.481 e. The van der Waals surface area contributed by atoms with E-state index in [-0.39, 0.29) is 12.5 Å². The van der Waals surface area contributed by atoms with E-state index in [1.807, 2.05) is 61.5 Å². The molecule has 3 atom stereocenters. The summed E-state index contributed by atoms with van der Waals surface area (Å²) in [4.78, 5) is 27.7. The normalized spacial score (nSPS) is 19.0. The number of hydrogen-bond donors (Lipinski definition) is 2. The Morgan fingerprint density at radius 3 is 2.26 bits per heavy atom. The lowest BCUT2D eigenvalue weighted by Crippen LogP contribution is -2.52. The highest BCUT2D eigenvalue weighted by Gasteiger charge is 2.46. The zero-order valence-corrected chi connectivity index (χ0v) is 17.3. The molecular formula is C26H25NO4. The Balaban J connectivity index is 1.87. The van der Waals surface area contributed by atoms with Crippen molar-refractivity contribution in [3.63, 3.8) is 0 Å². The van der Waals surface area contributed by atoms with Crippen LogP contribution in [0.5, 0.6) is 0 Å². The first-order valence-corrected chi connectivity index (χ1v) is 10.4. The van der Waals surface area contributed by atoms with Crippen LogP contribution in [0.1, 0.15) is 44.6 Å². The van der Waals surface area contributed by atoms with Crippen molar-refractivity contribution < 1.29 is 19.8 Å². The van der Waals surface area contributed by atoms with Gasteiger partial charge in [0.15, 0.2) is 0 Å². The molecule has 0 radical (unpaired) electrons. The first kappa shape index (κ1) is 20.8. The van der Waals surface area contributed by atoms with Crippen LogP contribution >= 0.6 is 0 Å². The maximum Gasteiger partial charge on any atom is 0.313 e. The molecule has 4 rings (SSSR count). The van der Waals surface area contributed by atoms with Gasteiger partial charge in [0.05, 0.1) is 18.7 Å². The number of aliphatic carboxylic acids is 1. The molecule has 1 amide bonds. The van der Waals surface area contributed by atoms with Crippen molar-refractivity contribution in [1.82, 2.24) is 4.90 Å². The van der Waals surface area contributed by atoms with Crippen LogP contribution in [-0.2, 0) is 11.2 Å². The van der Waals surface area contributed by atoms with Crippen molar-refractivity contribution in [3.8, 4) is 0 Å². The van der Waals surface area contributed by atoms with E-state index in [1.165, 1.54) is 0 Å². The molecule has 0 saturated heterocycles. The SMILES string of the molecule is Cc1ccc([C@H]2[C@H](C(=O)O)c3ccccc3C(=O)N2[C@H](CO)Cc2ccccc2)cc1. The molecule has 5 nitrogen and oxygen atoms in total. The van der Waals surface area contributed by atoms with Gasteiger partial charge in [0, 0.05) is 5.56 Å². The first-order valence-electron chi connectivity index (χ1n) is 10.4. The molecule has 0 spiro atoms. The molecule has 0 fully saturated rings. The van der Waals surface area contributed by atoms with E-state index >= 15 is 0 Å². The highest BCUT2D eigenvalue weighted by atomic mass is 16.4. The van der Waals surface area contributed by atoms with Crippen LogP contribution in [0.3, 0.4) is 0 Å². The molecule has 1 aliphatic heterocycles. The average Bonchev–Trinajstić information content (AvgIpc) is 2.79. The van der Waals surface area contributed by atoms with Crippen LogP contribution in [0.15, 0.2) is 78.9 Å². The fourth-order valence-electron chi connectivity index (χ4n) is 4.47. The Morgan fingerprint density at radius 2 is 1.61 bits per heavy atom. The van der Waals surface area contributed by atoms with Crippen molar-refractivity contribution in [2.24, 2.45) is 0 Å². The lowest BCUT2D eigenvalue weighted by Gasteiger charge is -2.44. The van der Waals surface area contributed by atoms with Gasteiger partial charge in [0.25, 0.3) is 5.91 Å². The third-order valence-corrected chi connectivity index (χ3v) is 5.98. The van der Waals surface area contributed by atoms with E-state index in [9.17, 15) is 19.8 Å². The molecule has 3 aromatic rings. The second-order valence-electron chi connectivity index (χ2n) is 8.00. The number of fused-ring (bicyclic) bond motifs is 1. The molecule has 1 heterocycles. The number of aryl methyl sites for hydroxylation is 1. The Labute approximate surface area is 181 Å². The highest BCUT2D eigenvalue weighted by Crippen LogP contribution is 2.44. The second-order valence-corrected chi connectivity index (χ2v) is 8.00. The van der Waals surface area contributed by atoms with E-state index in [0.717, 1.165) is 16.7 Å². The van der Waals surface area contributed by atoms with Crippen molar-refractivity contribution in [3.05, 3.63) is 107 Å². The van der Waals surface area contributed by atoms with Crippen LogP contribution in [0.2, 0.25) is 0 Å². The Hall–Kier alpha value is -3.44. The average molecular weight is 415 g/mol. The molecule has 158 valence electrons. The summed E-state index contributed by atoms with van der Waals surface area (Å²) < 4.78 is 0. The third-order valence-electron chi connectivity index (χ3n) is 5.98. The molecule has 0 aromatic heterocycles. The smallest absolute Gasteiger partial charge is 0.313 e. The van der Waals surface area contributed by atoms with Crippen LogP contribution in [0, 0.1) is 6.92 Å². The lowest BCUT2D eigenvalue weighted by atomic mass is 9.78. The van der Waals surface area contributed by atoms with Crippen molar-refractivity contribution in [2.75, 3.05) is 6.61 Å². The number of aliphatic hydroxyl groups is 1. The van der Waals surface area contributed by atoms with Crippen LogP contribution in [-0.4, -0.2) is 39.6 Å². The number of amides is 1. The zero-order valence-electron chi connectivity index (χ0n) is 17.3. The zero-order chi connectivity index (χ0) is 22.0. The maximum atomic E-state index is 13.6. The number of nitrogens with zero attached hydrogens (tertiary/aromatic N) is 1. The minimum atomic E-state index is -0.994. The van der Waals surface area contributed by atoms with Gasteiger partial charge in [-0.3, -0.25) is 9.59 Å². The number of aliphatic hydroxyl groups excluding tert-OH is 1. The summed E-state index contributed by atoms with van der Waals surface area (Å²) in [5.41, 5.74) is 3.66. The molecule has 5 heteroatoms. The second kappa shape index (κ2) is 8.74. The summed E-state index contributed by atoms with van der Waals surface area (Å²) in [7, 11) is 0. The van der Waals surface area contributed by atoms with Gasteiger partial charge in [0.2, 0.25) is 0 Å². The van der Waals surface area contributed by atoms with Gasteiger partial charge in [0.1, 0.15) is 5.92 Å². The van der Waals surface area contributed by atoms with E-state index in [0.29, 0.717) is 17.5 Å². The fourth-order valence-corrected chi connectivity index (χ4v) is 4.47. The summed E-state index contributed by atoms with van der Waals surface area (Å²) in [6, 6.07) is 22.8. The molecule has 1 aliphatic rings. The van der Waals surface area contributed by atoms with Gasteiger partial charge in [-0.1, -0.05) is 78.4 Å². The molecule has 0 saturated carbocycles. The minimum absolute atomic E-state index is 0.256. The third kappa shape index (κ3) is 3.97. The monoisotopic (exact) mass is 415 g/mol. The fraction of sp³-hybridized carbons (Fsp3) is 0.231. The maximum absolute atomic E-state index is 13.6. The molecule has 31 heavy (non-hydrogen) atoms. The molecule has 3 aromatic carbocycles. The Morgan fingerprint density at radius 1 is 0.968 bits per heavy atom. The van der Waals surface area contributed by atoms with Crippen LogP contribution in [0.4, 0.5) is 0 Å². The minimum Gasteiger partial charge on any atom is -0.481 e. The van der Waals surface area contributed by atoms with Gasteiger partial charge in [-0.05, 0) is 36.1 Å².